The highest BCUT2D eigenvalue weighted by atomic mass is 16.3. The van der Waals surface area contributed by atoms with Crippen LogP contribution in [0, 0.1) is 5.92 Å². The Kier molecular flexibility index (Phi) is 7.33. The summed E-state index contributed by atoms with van der Waals surface area (Å²) in [4.78, 5) is 9.11. The number of aliphatic imine (C=N–C) groups is 1. The highest BCUT2D eigenvalue weighted by molar-refractivity contribution is 5.79. The molecule has 130 valence electrons. The Labute approximate surface area is 144 Å². The number of benzene rings is 1. The summed E-state index contributed by atoms with van der Waals surface area (Å²) in [5.41, 5.74) is 1.81. The van der Waals surface area contributed by atoms with Crippen LogP contribution in [0.15, 0.2) is 46.0 Å². The maximum Gasteiger partial charge on any atom is 0.226 e. The monoisotopic (exact) mass is 328 g/mol. The second kappa shape index (κ2) is 9.75. The lowest BCUT2D eigenvalue weighted by Crippen LogP contribution is -2.39. The van der Waals surface area contributed by atoms with Crippen molar-refractivity contribution in [3.05, 3.63) is 42.3 Å². The molecule has 0 saturated heterocycles. The summed E-state index contributed by atoms with van der Waals surface area (Å²) in [5.74, 6) is 2.13. The number of hydrogen-bond donors (Lipinski definition) is 2. The molecule has 5 nitrogen and oxygen atoms in total. The fourth-order valence-corrected chi connectivity index (χ4v) is 2.41. The Morgan fingerprint density at radius 1 is 1.12 bits per heavy atom. The molecule has 1 aromatic heterocycles. The lowest BCUT2D eigenvalue weighted by molar-refractivity contribution is 0.481. The molecule has 0 aliphatic rings. The fraction of sp³-hybridized carbons (Fsp3) is 0.474. The van der Waals surface area contributed by atoms with E-state index in [4.69, 9.17) is 4.42 Å². The van der Waals surface area contributed by atoms with E-state index in [1.54, 1.807) is 6.26 Å². The SMILES string of the molecule is CCNC(=NCc1coc(-c2ccccc2)n1)NCC(CC)CC. The van der Waals surface area contributed by atoms with Crippen molar-refractivity contribution in [2.75, 3.05) is 13.1 Å². The zero-order valence-electron chi connectivity index (χ0n) is 14.9. The molecule has 2 aromatic rings. The predicted octanol–water partition coefficient (Wildman–Crippen LogP) is 3.83. The van der Waals surface area contributed by atoms with Gasteiger partial charge in [-0.15, -0.1) is 0 Å². The van der Waals surface area contributed by atoms with E-state index in [0.717, 1.165) is 30.3 Å². The van der Waals surface area contributed by atoms with Gasteiger partial charge in [0.2, 0.25) is 5.89 Å². The van der Waals surface area contributed by atoms with E-state index in [1.165, 1.54) is 12.8 Å². The van der Waals surface area contributed by atoms with Crippen molar-refractivity contribution in [2.45, 2.75) is 40.2 Å². The molecule has 0 aliphatic carbocycles. The predicted molar refractivity (Wildman–Crippen MR) is 98.8 cm³/mol. The molecule has 1 heterocycles. The minimum absolute atomic E-state index is 0.495. The Bertz CT molecular complexity index is 617. The molecule has 24 heavy (non-hydrogen) atoms. The van der Waals surface area contributed by atoms with E-state index in [0.29, 0.717) is 18.4 Å². The first-order chi connectivity index (χ1) is 11.8. The van der Waals surface area contributed by atoms with Crippen LogP contribution < -0.4 is 10.6 Å². The van der Waals surface area contributed by atoms with E-state index in [1.807, 2.05) is 30.3 Å². The Balaban J connectivity index is 1.97. The van der Waals surface area contributed by atoms with Gasteiger partial charge in [-0.05, 0) is 25.0 Å². The molecular weight excluding hydrogens is 300 g/mol. The molecule has 0 saturated carbocycles. The quantitative estimate of drug-likeness (QED) is 0.571. The first-order valence-corrected chi connectivity index (χ1v) is 8.78. The summed E-state index contributed by atoms with van der Waals surface area (Å²) in [6.45, 7) is 8.78. The van der Waals surface area contributed by atoms with E-state index < -0.39 is 0 Å². The van der Waals surface area contributed by atoms with Crippen molar-refractivity contribution in [3.63, 3.8) is 0 Å². The average molecular weight is 328 g/mol. The molecule has 0 fully saturated rings. The maximum absolute atomic E-state index is 5.55. The molecule has 0 bridgehead atoms. The molecule has 0 atom stereocenters. The maximum atomic E-state index is 5.55. The van der Waals surface area contributed by atoms with Gasteiger partial charge in [0.15, 0.2) is 5.96 Å². The van der Waals surface area contributed by atoms with Crippen molar-refractivity contribution in [2.24, 2.45) is 10.9 Å². The van der Waals surface area contributed by atoms with Gasteiger partial charge < -0.3 is 15.1 Å². The van der Waals surface area contributed by atoms with Crippen LogP contribution in [0.25, 0.3) is 11.5 Å². The number of nitrogens with zero attached hydrogens (tertiary/aromatic N) is 2. The lowest BCUT2D eigenvalue weighted by atomic mass is 10.0. The van der Waals surface area contributed by atoms with Gasteiger partial charge in [-0.3, -0.25) is 0 Å². The van der Waals surface area contributed by atoms with Gasteiger partial charge in [-0.2, -0.15) is 0 Å². The second-order valence-corrected chi connectivity index (χ2v) is 5.77. The van der Waals surface area contributed by atoms with Gasteiger partial charge in [0.05, 0.1) is 6.54 Å². The summed E-state index contributed by atoms with van der Waals surface area (Å²) in [7, 11) is 0. The highest BCUT2D eigenvalue weighted by Crippen LogP contribution is 2.18. The van der Waals surface area contributed by atoms with Crippen LogP contribution in [0.5, 0.6) is 0 Å². The van der Waals surface area contributed by atoms with Crippen LogP contribution >= 0.6 is 0 Å². The number of rotatable bonds is 8. The van der Waals surface area contributed by atoms with Crippen LogP contribution in [-0.4, -0.2) is 24.0 Å². The number of aromatic nitrogens is 1. The van der Waals surface area contributed by atoms with Crippen LogP contribution in [0.3, 0.4) is 0 Å². The third kappa shape index (κ3) is 5.41. The molecular formula is C19H28N4O. The normalized spacial score (nSPS) is 11.8. The van der Waals surface area contributed by atoms with Crippen LogP contribution in [0.2, 0.25) is 0 Å². The average Bonchev–Trinajstić information content (AvgIpc) is 3.10. The van der Waals surface area contributed by atoms with Gasteiger partial charge in [-0.25, -0.2) is 9.98 Å². The summed E-state index contributed by atoms with van der Waals surface area (Å²) >= 11 is 0. The number of oxazole rings is 1. The number of guanidine groups is 1. The summed E-state index contributed by atoms with van der Waals surface area (Å²) in [6.07, 6.45) is 4.02. The van der Waals surface area contributed by atoms with Crippen LogP contribution in [0.1, 0.15) is 39.3 Å². The standard InChI is InChI=1S/C19H28N4O/c1-4-15(5-2)12-21-19(20-6-3)22-13-17-14-24-18(23-17)16-10-8-7-9-11-16/h7-11,14-15H,4-6,12-13H2,1-3H3,(H2,20,21,22). The zero-order valence-corrected chi connectivity index (χ0v) is 14.9. The topological polar surface area (TPSA) is 62.5 Å². The highest BCUT2D eigenvalue weighted by Gasteiger charge is 2.07. The first-order valence-electron chi connectivity index (χ1n) is 8.78. The van der Waals surface area contributed by atoms with Crippen LogP contribution in [-0.2, 0) is 6.54 Å². The van der Waals surface area contributed by atoms with Crippen molar-refractivity contribution < 1.29 is 4.42 Å². The van der Waals surface area contributed by atoms with Crippen molar-refractivity contribution >= 4 is 5.96 Å². The molecule has 0 radical (unpaired) electrons. The van der Waals surface area contributed by atoms with E-state index >= 15 is 0 Å². The molecule has 0 amide bonds. The number of hydrogen-bond acceptors (Lipinski definition) is 3. The third-order valence-electron chi connectivity index (χ3n) is 4.03. The Morgan fingerprint density at radius 2 is 1.88 bits per heavy atom. The summed E-state index contributed by atoms with van der Waals surface area (Å²) < 4.78 is 5.55. The van der Waals surface area contributed by atoms with Crippen LogP contribution in [0.4, 0.5) is 0 Å². The minimum Gasteiger partial charge on any atom is -0.444 e. The Morgan fingerprint density at radius 3 is 2.54 bits per heavy atom. The van der Waals surface area contributed by atoms with E-state index in [-0.39, 0.29) is 0 Å². The minimum atomic E-state index is 0.495. The van der Waals surface area contributed by atoms with Crippen molar-refractivity contribution in [1.29, 1.82) is 0 Å². The van der Waals surface area contributed by atoms with Gasteiger partial charge >= 0.3 is 0 Å². The fourth-order valence-electron chi connectivity index (χ4n) is 2.41. The second-order valence-electron chi connectivity index (χ2n) is 5.77. The van der Waals surface area contributed by atoms with E-state index in [9.17, 15) is 0 Å². The summed E-state index contributed by atoms with van der Waals surface area (Å²) in [6, 6.07) is 9.90. The third-order valence-corrected chi connectivity index (χ3v) is 4.03. The van der Waals surface area contributed by atoms with E-state index in [2.05, 4.69) is 41.4 Å². The van der Waals surface area contributed by atoms with Crippen molar-refractivity contribution in [1.82, 2.24) is 15.6 Å². The lowest BCUT2D eigenvalue weighted by Gasteiger charge is -2.16. The molecule has 0 spiro atoms. The van der Waals surface area contributed by atoms with Gasteiger partial charge in [0.1, 0.15) is 12.0 Å². The Hall–Kier alpha value is -2.30. The van der Waals surface area contributed by atoms with Gasteiger partial charge in [0, 0.05) is 18.7 Å². The molecule has 5 heteroatoms. The number of nitrogens with one attached hydrogen (secondary N) is 2. The molecule has 1 aromatic carbocycles. The smallest absolute Gasteiger partial charge is 0.226 e. The largest absolute Gasteiger partial charge is 0.444 e. The molecule has 2 N–H and O–H groups in total. The molecule has 2 rings (SSSR count). The zero-order chi connectivity index (χ0) is 17.2. The van der Waals surface area contributed by atoms with Gasteiger partial charge in [0.25, 0.3) is 0 Å². The molecule has 0 aliphatic heterocycles. The van der Waals surface area contributed by atoms with Crippen molar-refractivity contribution in [3.8, 4) is 11.5 Å². The molecule has 0 unspecified atom stereocenters. The van der Waals surface area contributed by atoms with Gasteiger partial charge in [-0.1, -0.05) is 44.9 Å². The summed E-state index contributed by atoms with van der Waals surface area (Å²) in [5, 5.41) is 6.69. The first kappa shape index (κ1) is 18.0.